The molecule has 1 atom stereocenters. The van der Waals surface area contributed by atoms with Crippen LogP contribution in [0.1, 0.15) is 0 Å². The Kier molecular flexibility index (Phi) is 3.46. The molecule has 92 valence electrons. The van der Waals surface area contributed by atoms with Crippen molar-refractivity contribution in [3.05, 3.63) is 6.33 Å². The number of rotatable bonds is 4. The molecule has 0 fully saturated rings. The molecule has 0 aliphatic carbocycles. The van der Waals surface area contributed by atoms with Crippen LogP contribution >= 0.6 is 11.8 Å². The number of imidazole rings is 1. The minimum absolute atomic E-state index is 0.222. The minimum Gasteiger partial charge on any atom is -0.394 e. The number of fused-ring (bicyclic) bond motifs is 1. The zero-order valence-corrected chi connectivity index (χ0v) is 10.1. The molecule has 0 spiro atoms. The van der Waals surface area contributed by atoms with Gasteiger partial charge >= 0.3 is 0 Å². The molecule has 0 aliphatic rings. The van der Waals surface area contributed by atoms with Crippen LogP contribution in [0.15, 0.2) is 11.5 Å². The third-order valence-corrected chi connectivity index (χ3v) is 2.99. The maximum atomic E-state index is 9.50. The van der Waals surface area contributed by atoms with Gasteiger partial charge in [0.05, 0.1) is 19.3 Å². The number of nitrogen functional groups attached to an aromatic ring is 1. The Morgan fingerprint density at radius 2 is 2.29 bits per heavy atom. The van der Waals surface area contributed by atoms with E-state index in [0.29, 0.717) is 22.1 Å². The number of aliphatic hydroxyl groups is 2. The zero-order chi connectivity index (χ0) is 12.4. The van der Waals surface area contributed by atoms with E-state index in [1.54, 1.807) is 4.57 Å². The van der Waals surface area contributed by atoms with Crippen LogP contribution in [-0.2, 0) is 6.54 Å². The summed E-state index contributed by atoms with van der Waals surface area (Å²) >= 11 is 1.42. The number of nitrogens with two attached hydrogens (primary N) is 1. The predicted octanol–water partition coefficient (Wildman–Crippen LogP) is -0.516. The standard InChI is InChI=1S/C9H13N5O2S/c1-17-9-13-6-7(10)11-4-12-8(6)14(9)2-5(16)3-15/h4-5,15-16H,2-3H2,1H3,(H2,10,11,12). The van der Waals surface area contributed by atoms with E-state index in [1.807, 2.05) is 6.26 Å². The van der Waals surface area contributed by atoms with Gasteiger partial charge in [0.2, 0.25) is 0 Å². The average molecular weight is 255 g/mol. The summed E-state index contributed by atoms with van der Waals surface area (Å²) in [6.45, 7) is -0.0896. The Morgan fingerprint density at radius 3 is 2.94 bits per heavy atom. The lowest BCUT2D eigenvalue weighted by molar-refractivity contribution is 0.0801. The fourth-order valence-corrected chi connectivity index (χ4v) is 2.09. The van der Waals surface area contributed by atoms with Crippen LogP contribution < -0.4 is 5.73 Å². The van der Waals surface area contributed by atoms with E-state index in [9.17, 15) is 5.11 Å². The Labute approximate surface area is 102 Å². The lowest BCUT2D eigenvalue weighted by Gasteiger charge is -2.10. The van der Waals surface area contributed by atoms with Gasteiger partial charge < -0.3 is 20.5 Å². The van der Waals surface area contributed by atoms with Gasteiger partial charge in [-0.25, -0.2) is 15.0 Å². The Balaban J connectivity index is 2.55. The Hall–Kier alpha value is -1.38. The summed E-state index contributed by atoms with van der Waals surface area (Å²) < 4.78 is 1.72. The Bertz CT molecular complexity index is 529. The first-order valence-electron chi connectivity index (χ1n) is 4.97. The van der Waals surface area contributed by atoms with E-state index in [1.165, 1.54) is 18.1 Å². The van der Waals surface area contributed by atoms with Gasteiger partial charge in [-0.1, -0.05) is 11.8 Å². The molecule has 0 saturated heterocycles. The maximum absolute atomic E-state index is 9.50. The smallest absolute Gasteiger partial charge is 0.170 e. The van der Waals surface area contributed by atoms with Gasteiger partial charge in [0.25, 0.3) is 0 Å². The summed E-state index contributed by atoms with van der Waals surface area (Å²) in [7, 11) is 0. The predicted molar refractivity (Wildman–Crippen MR) is 64.6 cm³/mol. The molecule has 0 saturated carbocycles. The first kappa shape index (κ1) is 12.1. The average Bonchev–Trinajstić information content (AvgIpc) is 2.69. The molecule has 0 amide bonds. The van der Waals surface area contributed by atoms with Crippen LogP contribution in [0.3, 0.4) is 0 Å². The molecular weight excluding hydrogens is 242 g/mol. The van der Waals surface area contributed by atoms with Gasteiger partial charge in [0, 0.05) is 0 Å². The number of anilines is 1. The monoisotopic (exact) mass is 255 g/mol. The second-order valence-corrected chi connectivity index (χ2v) is 4.25. The molecule has 2 aromatic heterocycles. The van der Waals surface area contributed by atoms with E-state index in [4.69, 9.17) is 10.8 Å². The van der Waals surface area contributed by atoms with Crippen LogP contribution in [0.2, 0.25) is 0 Å². The van der Waals surface area contributed by atoms with Crippen molar-refractivity contribution in [3.8, 4) is 0 Å². The summed E-state index contributed by atoms with van der Waals surface area (Å²) in [4.78, 5) is 12.3. The second kappa shape index (κ2) is 4.86. The first-order chi connectivity index (χ1) is 8.17. The summed E-state index contributed by atoms with van der Waals surface area (Å²) in [6, 6.07) is 0. The van der Waals surface area contributed by atoms with E-state index < -0.39 is 6.10 Å². The minimum atomic E-state index is -0.852. The summed E-state index contributed by atoms with van der Waals surface area (Å²) in [6.07, 6.45) is 2.37. The van der Waals surface area contributed by atoms with E-state index >= 15 is 0 Å². The highest BCUT2D eigenvalue weighted by atomic mass is 32.2. The summed E-state index contributed by atoms with van der Waals surface area (Å²) in [5.74, 6) is 0.308. The van der Waals surface area contributed by atoms with Gasteiger partial charge in [-0.3, -0.25) is 0 Å². The van der Waals surface area contributed by atoms with Gasteiger partial charge in [-0.15, -0.1) is 0 Å². The molecule has 4 N–H and O–H groups in total. The molecule has 2 heterocycles. The number of hydrogen-bond acceptors (Lipinski definition) is 7. The van der Waals surface area contributed by atoms with Gasteiger partial charge in [0.15, 0.2) is 22.1 Å². The van der Waals surface area contributed by atoms with Crippen molar-refractivity contribution in [2.45, 2.75) is 17.8 Å². The molecule has 0 aliphatic heterocycles. The fourth-order valence-electron chi connectivity index (χ4n) is 1.52. The quantitative estimate of drug-likeness (QED) is 0.631. The van der Waals surface area contributed by atoms with Crippen molar-refractivity contribution in [1.82, 2.24) is 19.5 Å². The third kappa shape index (κ3) is 2.19. The molecule has 2 rings (SSSR count). The van der Waals surface area contributed by atoms with Gasteiger partial charge in [0.1, 0.15) is 6.33 Å². The van der Waals surface area contributed by atoms with Crippen molar-refractivity contribution in [1.29, 1.82) is 0 Å². The van der Waals surface area contributed by atoms with Crippen molar-refractivity contribution in [3.63, 3.8) is 0 Å². The number of thioether (sulfide) groups is 1. The second-order valence-electron chi connectivity index (χ2n) is 3.48. The zero-order valence-electron chi connectivity index (χ0n) is 9.24. The maximum Gasteiger partial charge on any atom is 0.170 e. The topological polar surface area (TPSA) is 110 Å². The van der Waals surface area contributed by atoms with Crippen molar-refractivity contribution < 1.29 is 10.2 Å². The number of hydrogen-bond donors (Lipinski definition) is 3. The van der Waals surface area contributed by atoms with E-state index in [0.717, 1.165) is 0 Å². The molecule has 7 nitrogen and oxygen atoms in total. The van der Waals surface area contributed by atoms with Crippen molar-refractivity contribution >= 4 is 28.7 Å². The van der Waals surface area contributed by atoms with E-state index in [2.05, 4.69) is 15.0 Å². The highest BCUT2D eigenvalue weighted by molar-refractivity contribution is 7.98. The lowest BCUT2D eigenvalue weighted by atomic mass is 10.4. The fraction of sp³-hybridized carbons (Fsp3) is 0.444. The Morgan fingerprint density at radius 1 is 1.53 bits per heavy atom. The number of nitrogens with zero attached hydrogens (tertiary/aromatic N) is 4. The van der Waals surface area contributed by atoms with Crippen LogP contribution in [0.4, 0.5) is 5.82 Å². The molecule has 8 heteroatoms. The molecule has 0 aromatic carbocycles. The van der Waals surface area contributed by atoms with Crippen LogP contribution in [-0.4, -0.2) is 48.7 Å². The van der Waals surface area contributed by atoms with Crippen molar-refractivity contribution in [2.75, 3.05) is 18.6 Å². The molecular formula is C9H13N5O2S. The first-order valence-corrected chi connectivity index (χ1v) is 6.19. The van der Waals surface area contributed by atoms with E-state index in [-0.39, 0.29) is 13.2 Å². The summed E-state index contributed by atoms with van der Waals surface area (Å²) in [5.41, 5.74) is 6.79. The largest absolute Gasteiger partial charge is 0.394 e. The number of aliphatic hydroxyl groups excluding tert-OH is 2. The molecule has 0 radical (unpaired) electrons. The van der Waals surface area contributed by atoms with Crippen LogP contribution in [0, 0.1) is 0 Å². The normalized spacial score (nSPS) is 13.1. The molecule has 17 heavy (non-hydrogen) atoms. The highest BCUT2D eigenvalue weighted by Gasteiger charge is 2.16. The summed E-state index contributed by atoms with van der Waals surface area (Å²) in [5, 5.41) is 19.1. The lowest BCUT2D eigenvalue weighted by Crippen LogP contribution is -2.20. The molecule has 2 aromatic rings. The highest BCUT2D eigenvalue weighted by Crippen LogP contribution is 2.23. The molecule has 0 bridgehead atoms. The third-order valence-electron chi connectivity index (χ3n) is 2.31. The van der Waals surface area contributed by atoms with Gasteiger partial charge in [-0.05, 0) is 6.26 Å². The SMILES string of the molecule is CSc1nc2c(N)ncnc2n1CC(O)CO. The van der Waals surface area contributed by atoms with Crippen LogP contribution in [0.5, 0.6) is 0 Å². The molecule has 1 unspecified atom stereocenters. The van der Waals surface area contributed by atoms with Crippen molar-refractivity contribution in [2.24, 2.45) is 0 Å². The number of aromatic nitrogens is 4. The van der Waals surface area contributed by atoms with Gasteiger partial charge in [-0.2, -0.15) is 0 Å². The van der Waals surface area contributed by atoms with Crippen LogP contribution in [0.25, 0.3) is 11.2 Å².